The fraction of sp³-hybridized carbons (Fsp3) is 0.153. The number of nitrogens with two attached hydrogens (primary N) is 3. The van der Waals surface area contributed by atoms with Gasteiger partial charge in [0.15, 0.2) is 17.0 Å². The first kappa shape index (κ1) is 111. The number of aromatic hydroxyl groups is 1. The van der Waals surface area contributed by atoms with E-state index in [0.717, 1.165) is 94.5 Å². The normalized spacial score (nSPS) is 13.3. The van der Waals surface area contributed by atoms with Crippen LogP contribution in [0.15, 0.2) is 309 Å². The second kappa shape index (κ2) is 51.6. The molecule has 3 aliphatic heterocycles. The van der Waals surface area contributed by atoms with Gasteiger partial charge in [0.2, 0.25) is 0 Å². The number of nitrogens with zero attached hydrogens (tertiary/aromatic N) is 22. The Bertz CT molecular complexity index is 6910. The molecule has 0 saturated carbocycles. The van der Waals surface area contributed by atoms with Crippen LogP contribution < -0.4 is 156 Å². The minimum Gasteiger partial charge on any atom is -1.00 e. The summed E-state index contributed by atoms with van der Waals surface area (Å²) >= 11 is 4.74. The molecule has 17 rings (SSSR count). The van der Waals surface area contributed by atoms with Crippen molar-refractivity contribution in [3.05, 3.63) is 264 Å². The highest BCUT2D eigenvalue weighted by Crippen LogP contribution is 2.40. The molecule has 0 bridgehead atoms. The summed E-state index contributed by atoms with van der Waals surface area (Å²) in [6.07, 6.45) is 5.69. The molecule has 0 aliphatic carbocycles. The van der Waals surface area contributed by atoms with E-state index in [9.17, 15) is 29.9 Å². The highest BCUT2D eigenvalue weighted by atomic mass is 127. The van der Waals surface area contributed by atoms with Gasteiger partial charge in [0.1, 0.15) is 80.2 Å². The number of urea groups is 1. The molecule has 55 heteroatoms. The van der Waals surface area contributed by atoms with E-state index in [1.807, 2.05) is 226 Å². The fourth-order valence-corrected chi connectivity index (χ4v) is 14.6. The number of benzene rings is 8. The zero-order valence-corrected chi connectivity index (χ0v) is 82.1. The molecule has 3 aliphatic rings. The lowest BCUT2D eigenvalue weighted by Crippen LogP contribution is -3.00. The van der Waals surface area contributed by atoms with Gasteiger partial charge < -0.3 is 76.6 Å². The second-order valence-corrected chi connectivity index (χ2v) is 33.8. The van der Waals surface area contributed by atoms with Gasteiger partial charge in [0.25, 0.3) is 17.9 Å². The Hall–Kier alpha value is -14.8. The SMILES string of the molecule is CN(C)c1ccc(N=Nc2n(C)c3ccccc3[n+]2C)cc1.CN(C)c1ccc(N=Nc2sc3ccccc3[n+]2C)cc1.Cc1cc(N=Nc2sc3ccccc3[n+]2C)c(N)cc1N.Cc1csc(N=Nc2cc3c(cc2O)NCCO3)[n+]1-c1ccccc1.N=C1N=C(N)C=CC1=NN=c1ccccn1O.O=C1NC(=O)C(N=Nc2cccc[n+]2[O-])C(=O)N1.[I-].[O-][Cl+3]([O-])([O-])[O-].[O-][Cl+3]([O-])([O-])[O-].[O-][Cl+3]([O-])([O-])[O-]. The lowest BCUT2D eigenvalue weighted by atomic mass is 10.1. The van der Waals surface area contributed by atoms with Crippen molar-refractivity contribution in [3.8, 4) is 17.2 Å². The first-order chi connectivity index (χ1) is 65.7. The predicted molar refractivity (Wildman–Crippen MR) is 480 cm³/mol. The van der Waals surface area contributed by atoms with Gasteiger partial charge in [-0.05, 0) is 208 Å². The third-order valence-electron chi connectivity index (χ3n) is 18.4. The minimum atomic E-state index is -4.94. The Morgan fingerprint density at radius 3 is 1.61 bits per heavy atom. The lowest BCUT2D eigenvalue weighted by molar-refractivity contribution is -2.00. The van der Waals surface area contributed by atoms with Gasteiger partial charge in [-0.15, -0.1) is 40.9 Å². The van der Waals surface area contributed by atoms with Crippen molar-refractivity contribution in [3.63, 3.8) is 0 Å². The first-order valence-electron chi connectivity index (χ1n) is 39.8. The van der Waals surface area contributed by atoms with E-state index in [1.54, 1.807) is 71.2 Å². The summed E-state index contributed by atoms with van der Waals surface area (Å²) in [4.78, 5) is 41.2. The Morgan fingerprint density at radius 1 is 0.564 bits per heavy atom. The average Bonchev–Trinajstić information content (AvgIpc) is 1.63. The molecule has 6 aromatic heterocycles. The number of hydrogen-bond acceptors (Lipinski definition) is 41. The van der Waals surface area contributed by atoms with Gasteiger partial charge in [0, 0.05) is 86.7 Å². The number of aromatic nitrogens is 7. The summed E-state index contributed by atoms with van der Waals surface area (Å²) in [7, 11) is 1.25. The van der Waals surface area contributed by atoms with E-state index in [-0.39, 0.29) is 58.4 Å². The number of rotatable bonds is 14. The maximum atomic E-state index is 11.3. The zero-order valence-electron chi connectivity index (χ0n) is 75.2. The molecule has 0 spiro atoms. The van der Waals surface area contributed by atoms with Crippen molar-refractivity contribution in [2.45, 2.75) is 19.9 Å². The second-order valence-electron chi connectivity index (χ2n) is 28.7. The number of ether oxygens (including phenoxy) is 1. The average molecular weight is 2150 g/mol. The number of thiazole rings is 3. The number of anilines is 5. The number of nitrogens with one attached hydrogen (secondary N) is 4. The summed E-state index contributed by atoms with van der Waals surface area (Å²) in [6, 6.07) is 64.6. The first-order valence-corrected chi connectivity index (χ1v) is 46.0. The number of carbonyl (C=O) groups excluding carboxylic acids is 3. The van der Waals surface area contributed by atoms with Crippen LogP contribution in [0.3, 0.4) is 0 Å². The van der Waals surface area contributed by atoms with Crippen LogP contribution in [0, 0.1) is 55.2 Å². The van der Waals surface area contributed by atoms with E-state index < -0.39 is 54.6 Å². The van der Waals surface area contributed by atoms with E-state index >= 15 is 0 Å². The van der Waals surface area contributed by atoms with Crippen LogP contribution in [0.1, 0.15) is 11.3 Å². The molecular weight excluding hydrogens is 2060 g/mol. The molecule has 12 N–H and O–H groups in total. The molecule has 0 radical (unpaired) electrons. The predicted octanol–water partition coefficient (Wildman–Crippen LogP) is -2.68. The van der Waals surface area contributed by atoms with E-state index in [2.05, 4.69) is 122 Å². The van der Waals surface area contributed by atoms with Gasteiger partial charge in [-0.3, -0.25) is 25.6 Å². The van der Waals surface area contributed by atoms with Crippen molar-refractivity contribution in [1.82, 2.24) is 19.9 Å². The summed E-state index contributed by atoms with van der Waals surface area (Å²) in [5.41, 5.74) is 32.3. The number of phenolic OH excluding ortho intramolecular Hbond substituents is 1. The molecule has 140 heavy (non-hydrogen) atoms. The maximum absolute atomic E-state index is 11.3. The number of azo groups is 5. The summed E-state index contributed by atoms with van der Waals surface area (Å²) in [6.45, 7) is 5.26. The smallest absolute Gasteiger partial charge is 0.422 e. The molecule has 1 fully saturated rings. The van der Waals surface area contributed by atoms with Crippen LogP contribution >= 0.6 is 34.0 Å². The van der Waals surface area contributed by atoms with Crippen LogP contribution in [0.2, 0.25) is 0 Å². The third kappa shape index (κ3) is 34.4. The number of pyridine rings is 2. The van der Waals surface area contributed by atoms with Gasteiger partial charge in [-0.2, -0.15) is 9.30 Å². The van der Waals surface area contributed by atoms with Crippen molar-refractivity contribution in [2.24, 2.45) is 100 Å². The molecule has 0 unspecified atom stereocenters. The molecular formula is C85H87Cl3IN29O19S3. The highest BCUT2D eigenvalue weighted by Gasteiger charge is 2.36. The molecule has 0 atom stereocenters. The van der Waals surface area contributed by atoms with Crippen molar-refractivity contribution in [1.29, 1.82) is 5.41 Å². The quantitative estimate of drug-likeness (QED) is 0.00783. The largest absolute Gasteiger partial charge is 1.00 e. The van der Waals surface area contributed by atoms with Crippen LogP contribution in [0.4, 0.5) is 83.1 Å². The molecule has 9 heterocycles. The number of imidazole rings is 1. The molecule has 1 saturated heterocycles. The Morgan fingerprint density at radius 2 is 1.07 bits per heavy atom. The minimum absolute atomic E-state index is 0. The van der Waals surface area contributed by atoms with E-state index in [4.69, 9.17) is 83.3 Å². The van der Waals surface area contributed by atoms with Gasteiger partial charge in [-0.1, -0.05) is 77.0 Å². The van der Waals surface area contributed by atoms with Gasteiger partial charge in [-0.25, -0.2) is 88.7 Å². The molecule has 732 valence electrons. The number of dihydropyridines is 1. The standard InChI is InChI=1S/C18H16N4O2S.C17H20N5.C16H17N4S.C15H15N5S.C10H10N6O.C9H7N5O4.3ClHO4.HI/c1-12-11-25-18(22(12)13-5-3-2-4-6-13)21-20-14-10-17-15(9-16(14)23)19-7-8-24-17;1-20(2)14-11-9-13(10-12-14)18-19-17-21(3)15-7-5-6-8-16(15)22(17)4;1-19(2)13-10-8-12(9-11-13)17-18-16-20(3)14-6-4-5-7-15(14)21-16;1-9-7-12(11(17)8-10(9)16)18-19-15-20(2)13-5-3-4-6-14(13)21-15;11-8-5-4-7(10(12)13-8)14-15-9-3-1-2-6-16(9)17;15-7-6(8(16)11-9(17)10-7)13-12-5-3-1-2-4-14(5)18;3*2-1(3,4)5;/h2-6,9-11H,7-8H2,1H3,(H,19,23);5-12H,1-4H3;4-11H,1-3H3;3-8H,1-2H3,(H3,16,17);1-6,17H,(H3,11,12,13);1-4,6H,(H2,10,11,15,16,17);3*(H,2,3,4,5);1H/q;2*+1;;;;;;;/p-2. The summed E-state index contributed by atoms with van der Waals surface area (Å²) in [5, 5.41) is 98.9. The molecule has 4 amide bonds. The fourth-order valence-electron chi connectivity index (χ4n) is 11.8. The number of halogens is 4. The van der Waals surface area contributed by atoms with E-state index in [1.165, 1.54) is 56.9 Å². The number of imide groups is 2. The molecule has 8 aromatic carbocycles. The van der Waals surface area contributed by atoms with Crippen molar-refractivity contribution < 1.29 is 163 Å². The number of nitrogen functional groups attached to an aromatic ring is 2. The number of barbiturate groups is 1. The molecule has 14 aromatic rings. The topological polar surface area (TPSA) is 735 Å². The number of amidine groups is 2. The lowest BCUT2D eigenvalue weighted by Gasteiger charge is -2.19. The zero-order chi connectivity index (χ0) is 102. The third-order valence-corrected chi connectivity index (χ3v) is 21.6. The number of aliphatic imine (C=N–C) groups is 1. The summed E-state index contributed by atoms with van der Waals surface area (Å²) < 4.78 is 121. The number of para-hydroxylation sites is 5. The number of aryl methyl sites for hydroxylation is 6. The van der Waals surface area contributed by atoms with Crippen LogP contribution in [0.25, 0.3) is 37.2 Å². The maximum Gasteiger partial charge on any atom is 0.422 e. The Kier molecular flexibility index (Phi) is 40.7. The van der Waals surface area contributed by atoms with E-state index in [0.29, 0.717) is 39.8 Å². The van der Waals surface area contributed by atoms with Crippen LogP contribution in [0.5, 0.6) is 11.5 Å². The molecule has 48 nitrogen and oxygen atoms in total. The van der Waals surface area contributed by atoms with Crippen LogP contribution in [-0.4, -0.2) is 102 Å². The number of carbonyl (C=O) groups is 3. The number of phenols is 1. The van der Waals surface area contributed by atoms with Crippen molar-refractivity contribution >= 4 is 179 Å². The Labute approximate surface area is 831 Å². The van der Waals surface area contributed by atoms with Gasteiger partial charge >= 0.3 is 33.2 Å². The number of amides is 4. The number of hydrogen-bond donors (Lipinski definition) is 9. The Balaban J connectivity index is 0.000000200. The number of fused-ring (bicyclic) bond motifs is 4. The highest BCUT2D eigenvalue weighted by molar-refractivity contribution is 7.21. The van der Waals surface area contributed by atoms with Crippen LogP contribution in [-0.2, 0) is 37.8 Å². The monoisotopic (exact) mass is 2150 g/mol. The van der Waals surface area contributed by atoms with Gasteiger partial charge in [0.05, 0.1) is 75.6 Å². The van der Waals surface area contributed by atoms with Crippen molar-refractivity contribution in [2.75, 3.05) is 67.9 Å². The summed E-state index contributed by atoms with van der Waals surface area (Å²) in [5.74, 6) is -0.0916.